The Bertz CT molecular complexity index is 840. The zero-order valence-electron chi connectivity index (χ0n) is 14.2. The maximum atomic E-state index is 6.24. The molecule has 2 aliphatic rings. The molecule has 4 rings (SSSR count). The molecule has 2 nitrogen and oxygen atoms in total. The molecule has 116 valence electrons. The molecule has 1 fully saturated rings. The Morgan fingerprint density at radius 2 is 1.39 bits per heavy atom. The van der Waals surface area contributed by atoms with E-state index in [0.29, 0.717) is 0 Å². The van der Waals surface area contributed by atoms with Crippen molar-refractivity contribution in [1.29, 1.82) is 0 Å². The van der Waals surface area contributed by atoms with Crippen molar-refractivity contribution in [1.82, 2.24) is 0 Å². The predicted octanol–water partition coefficient (Wildman–Crippen LogP) is 4.18. The standard InChI is InChI=1S/C20H21BO2/c1-12-13(2)15-10-11-17(16-9-7-8-14(12)18(15)16)21-22-19(3,4)20(5,6)23-21/h7-11H,1-2H2,3-6H3. The molecule has 0 saturated carbocycles. The molecule has 1 aliphatic carbocycles. The molecule has 2 aromatic rings. The Hall–Kier alpha value is -1.84. The summed E-state index contributed by atoms with van der Waals surface area (Å²) in [5, 5.41) is 2.38. The highest BCUT2D eigenvalue weighted by molar-refractivity contribution is 6.65. The first-order chi connectivity index (χ1) is 10.7. The van der Waals surface area contributed by atoms with Crippen LogP contribution < -0.4 is 5.46 Å². The molecule has 0 unspecified atom stereocenters. The number of allylic oxidation sites excluding steroid dienone is 2. The molecule has 3 heteroatoms. The molecule has 23 heavy (non-hydrogen) atoms. The summed E-state index contributed by atoms with van der Waals surface area (Å²) in [7, 11) is -0.355. The monoisotopic (exact) mass is 304 g/mol. The fraction of sp³-hybridized carbons (Fsp3) is 0.300. The molecule has 0 N–H and O–H groups in total. The minimum Gasteiger partial charge on any atom is -0.399 e. The SMILES string of the molecule is C=C1C(=C)c2ccc(B3OC(C)(C)C(C)(C)O3)c3cccc1c23. The minimum atomic E-state index is -0.355. The van der Waals surface area contributed by atoms with Gasteiger partial charge in [0.1, 0.15) is 0 Å². The third kappa shape index (κ3) is 1.84. The Kier molecular flexibility index (Phi) is 2.80. The smallest absolute Gasteiger partial charge is 0.399 e. The van der Waals surface area contributed by atoms with E-state index in [1.54, 1.807) is 0 Å². The van der Waals surface area contributed by atoms with Gasteiger partial charge in [0.15, 0.2) is 0 Å². The maximum absolute atomic E-state index is 6.24. The van der Waals surface area contributed by atoms with Gasteiger partial charge in [0.25, 0.3) is 0 Å². The van der Waals surface area contributed by atoms with Gasteiger partial charge in [-0.05, 0) is 66.2 Å². The lowest BCUT2D eigenvalue weighted by Crippen LogP contribution is -2.41. The van der Waals surface area contributed by atoms with Gasteiger partial charge in [0.2, 0.25) is 0 Å². The van der Waals surface area contributed by atoms with E-state index < -0.39 is 0 Å². The van der Waals surface area contributed by atoms with Crippen LogP contribution in [-0.4, -0.2) is 18.3 Å². The highest BCUT2D eigenvalue weighted by atomic mass is 16.7. The second-order valence-electron chi connectivity index (χ2n) is 7.48. The summed E-state index contributed by atoms with van der Waals surface area (Å²) in [6, 6.07) is 10.5. The molecular weight excluding hydrogens is 283 g/mol. The van der Waals surface area contributed by atoms with Gasteiger partial charge in [-0.1, -0.05) is 43.5 Å². The van der Waals surface area contributed by atoms with Crippen molar-refractivity contribution in [2.24, 2.45) is 0 Å². The summed E-state index contributed by atoms with van der Waals surface area (Å²) < 4.78 is 12.5. The first-order valence-corrected chi connectivity index (χ1v) is 8.03. The lowest BCUT2D eigenvalue weighted by atomic mass is 9.75. The van der Waals surface area contributed by atoms with Gasteiger partial charge < -0.3 is 9.31 Å². The average molecular weight is 304 g/mol. The van der Waals surface area contributed by atoms with E-state index >= 15 is 0 Å². The Morgan fingerprint density at radius 3 is 2.00 bits per heavy atom. The average Bonchev–Trinajstić information content (AvgIpc) is 2.86. The molecule has 0 aromatic heterocycles. The first kappa shape index (κ1) is 14.7. The third-order valence-electron chi connectivity index (χ3n) is 5.60. The lowest BCUT2D eigenvalue weighted by molar-refractivity contribution is 0.00578. The molecule has 0 atom stereocenters. The molecule has 2 aromatic carbocycles. The number of benzene rings is 2. The van der Waals surface area contributed by atoms with E-state index in [1.807, 2.05) is 0 Å². The zero-order valence-corrected chi connectivity index (χ0v) is 14.2. The summed E-state index contributed by atoms with van der Waals surface area (Å²) in [4.78, 5) is 0. The van der Waals surface area contributed by atoms with Gasteiger partial charge in [-0.3, -0.25) is 0 Å². The van der Waals surface area contributed by atoms with E-state index in [-0.39, 0.29) is 18.3 Å². The number of hydrogen-bond donors (Lipinski definition) is 0. The van der Waals surface area contributed by atoms with Crippen LogP contribution in [-0.2, 0) is 9.31 Å². The summed E-state index contributed by atoms with van der Waals surface area (Å²) in [5.41, 5.74) is 4.75. The van der Waals surface area contributed by atoms with E-state index in [4.69, 9.17) is 9.31 Å². The summed E-state index contributed by atoms with van der Waals surface area (Å²) in [5.74, 6) is 0. The van der Waals surface area contributed by atoms with Gasteiger partial charge in [0, 0.05) is 0 Å². The molecule has 0 radical (unpaired) electrons. The van der Waals surface area contributed by atoms with E-state index in [9.17, 15) is 0 Å². The fourth-order valence-electron chi connectivity index (χ4n) is 3.43. The van der Waals surface area contributed by atoms with Crippen LogP contribution in [0.4, 0.5) is 0 Å². The van der Waals surface area contributed by atoms with Crippen molar-refractivity contribution in [2.75, 3.05) is 0 Å². The Labute approximate surface area is 137 Å². The van der Waals surface area contributed by atoms with Gasteiger partial charge in [-0.2, -0.15) is 0 Å². The molecule has 0 bridgehead atoms. The Balaban J connectivity index is 1.92. The highest BCUT2D eigenvalue weighted by Crippen LogP contribution is 2.44. The second-order valence-corrected chi connectivity index (χ2v) is 7.48. The van der Waals surface area contributed by atoms with Crippen molar-refractivity contribution < 1.29 is 9.31 Å². The van der Waals surface area contributed by atoms with Gasteiger partial charge in [-0.15, -0.1) is 0 Å². The van der Waals surface area contributed by atoms with Crippen LogP contribution in [0.25, 0.3) is 21.9 Å². The third-order valence-corrected chi connectivity index (χ3v) is 5.60. The quantitative estimate of drug-likeness (QED) is 0.736. The highest BCUT2D eigenvalue weighted by Gasteiger charge is 2.52. The van der Waals surface area contributed by atoms with Crippen LogP contribution in [0.2, 0.25) is 0 Å². The van der Waals surface area contributed by atoms with Crippen molar-refractivity contribution >= 4 is 34.5 Å². The largest absolute Gasteiger partial charge is 0.495 e. The van der Waals surface area contributed by atoms with Crippen LogP contribution in [0.15, 0.2) is 43.5 Å². The van der Waals surface area contributed by atoms with Crippen LogP contribution in [0.3, 0.4) is 0 Å². The molecular formula is C20H21BO2. The second kappa shape index (κ2) is 4.37. The van der Waals surface area contributed by atoms with Gasteiger partial charge >= 0.3 is 7.12 Å². The molecule has 0 amide bonds. The fourth-order valence-corrected chi connectivity index (χ4v) is 3.43. The molecule has 1 heterocycles. The number of rotatable bonds is 1. The predicted molar refractivity (Wildman–Crippen MR) is 97.7 cm³/mol. The van der Waals surface area contributed by atoms with Gasteiger partial charge in [0.05, 0.1) is 11.2 Å². The summed E-state index contributed by atoms with van der Waals surface area (Å²) >= 11 is 0. The van der Waals surface area contributed by atoms with E-state index in [0.717, 1.165) is 16.6 Å². The minimum absolute atomic E-state index is 0.340. The summed E-state index contributed by atoms with van der Waals surface area (Å²) in [6.45, 7) is 16.7. The number of hydrogen-bond acceptors (Lipinski definition) is 2. The Morgan fingerprint density at radius 1 is 0.826 bits per heavy atom. The van der Waals surface area contributed by atoms with Crippen LogP contribution >= 0.6 is 0 Å². The first-order valence-electron chi connectivity index (χ1n) is 8.03. The van der Waals surface area contributed by atoms with Crippen LogP contribution in [0.1, 0.15) is 38.8 Å². The van der Waals surface area contributed by atoms with Crippen LogP contribution in [0, 0.1) is 0 Å². The summed E-state index contributed by atoms with van der Waals surface area (Å²) in [6.07, 6.45) is 0. The molecule has 1 saturated heterocycles. The maximum Gasteiger partial charge on any atom is 0.495 e. The van der Waals surface area contributed by atoms with Crippen molar-refractivity contribution in [3.63, 3.8) is 0 Å². The van der Waals surface area contributed by atoms with E-state index in [2.05, 4.69) is 71.2 Å². The van der Waals surface area contributed by atoms with Crippen molar-refractivity contribution in [2.45, 2.75) is 38.9 Å². The van der Waals surface area contributed by atoms with Crippen LogP contribution in [0.5, 0.6) is 0 Å². The molecule has 0 spiro atoms. The van der Waals surface area contributed by atoms with Crippen molar-refractivity contribution in [3.05, 3.63) is 54.6 Å². The molecule has 1 aliphatic heterocycles. The lowest BCUT2D eigenvalue weighted by Gasteiger charge is -2.32. The normalized spacial score (nSPS) is 21.5. The zero-order chi connectivity index (χ0) is 16.6. The topological polar surface area (TPSA) is 18.5 Å². The van der Waals surface area contributed by atoms with Gasteiger partial charge in [-0.25, -0.2) is 0 Å². The van der Waals surface area contributed by atoms with E-state index in [1.165, 1.54) is 21.9 Å². The van der Waals surface area contributed by atoms with Crippen molar-refractivity contribution in [3.8, 4) is 0 Å².